The first-order valence-corrected chi connectivity index (χ1v) is 14.6. The topological polar surface area (TPSA) is 118 Å². The molecule has 0 spiro atoms. The maximum absolute atomic E-state index is 11.2. The zero-order chi connectivity index (χ0) is 23.6. The predicted octanol–water partition coefficient (Wildman–Crippen LogP) is 5.53. The molecule has 176 valence electrons. The molecule has 0 atom stereocenters. The number of fused-ring (bicyclic) bond motifs is 3. The second kappa shape index (κ2) is 10.2. The van der Waals surface area contributed by atoms with E-state index in [1.54, 1.807) is 0 Å². The summed E-state index contributed by atoms with van der Waals surface area (Å²) in [6.07, 6.45) is 3.32. The van der Waals surface area contributed by atoms with Crippen LogP contribution < -0.4 is 0 Å². The second-order valence-corrected chi connectivity index (χ2v) is 12.4. The van der Waals surface area contributed by atoms with E-state index in [2.05, 4.69) is 60.3 Å². The normalized spacial score (nSPS) is 14.9. The molecule has 2 aromatic carbocycles. The predicted molar refractivity (Wildman–Crippen MR) is 130 cm³/mol. The average Bonchev–Trinajstić information content (AvgIpc) is 2.92. The molecule has 2 N–H and O–H groups in total. The van der Waals surface area contributed by atoms with Gasteiger partial charge >= 0.3 is 10.4 Å². The number of unbranched alkanes of at least 4 members (excludes halogenated alkanes) is 2. The van der Waals surface area contributed by atoms with Gasteiger partial charge in [-0.1, -0.05) is 50.4 Å². The van der Waals surface area contributed by atoms with E-state index in [4.69, 9.17) is 9.11 Å². The molecule has 0 aromatic heterocycles. The van der Waals surface area contributed by atoms with Gasteiger partial charge in [0.15, 0.2) is 0 Å². The molecule has 7 nitrogen and oxygen atoms in total. The van der Waals surface area contributed by atoms with E-state index in [0.717, 1.165) is 31.2 Å². The molecule has 0 saturated carbocycles. The number of hydrogen-bond acceptors (Lipinski definition) is 5. The maximum atomic E-state index is 11.2. The summed E-state index contributed by atoms with van der Waals surface area (Å²) in [7, 11) is -8.50. The fourth-order valence-corrected chi connectivity index (χ4v) is 6.13. The van der Waals surface area contributed by atoms with Gasteiger partial charge < -0.3 is 0 Å². The smallest absolute Gasteiger partial charge is 0.286 e. The molecule has 0 aliphatic heterocycles. The van der Waals surface area contributed by atoms with Crippen LogP contribution in [-0.2, 0) is 30.1 Å². The molecule has 0 saturated heterocycles. The molecule has 0 heterocycles. The van der Waals surface area contributed by atoms with Crippen molar-refractivity contribution >= 4 is 52.4 Å². The van der Waals surface area contributed by atoms with Gasteiger partial charge in [0.1, 0.15) is 0 Å². The molecule has 32 heavy (non-hydrogen) atoms. The van der Waals surface area contributed by atoms with Crippen LogP contribution in [0, 0.1) is 0 Å². The minimum Gasteiger partial charge on any atom is -0.286 e. The first-order chi connectivity index (χ1) is 14.9. The van der Waals surface area contributed by atoms with Crippen LogP contribution in [0.3, 0.4) is 0 Å². The van der Waals surface area contributed by atoms with Gasteiger partial charge in [0.2, 0.25) is 0 Å². The van der Waals surface area contributed by atoms with Crippen LogP contribution in [0.25, 0.3) is 11.1 Å². The van der Waals surface area contributed by atoms with Gasteiger partial charge in [-0.05, 0) is 78.6 Å². The Hall–Kier alpha value is -0.820. The lowest BCUT2D eigenvalue weighted by Gasteiger charge is -2.33. The van der Waals surface area contributed by atoms with Crippen LogP contribution in [0.2, 0.25) is 0 Å². The van der Waals surface area contributed by atoms with E-state index in [1.165, 1.54) is 0 Å². The third kappa shape index (κ3) is 6.40. The summed E-state index contributed by atoms with van der Waals surface area (Å²) < 4.78 is 68.2. The number of hydrogen-bond donors (Lipinski definition) is 2. The molecule has 1 aliphatic carbocycles. The van der Waals surface area contributed by atoms with Crippen molar-refractivity contribution in [3.05, 3.63) is 56.5 Å². The second-order valence-electron chi connectivity index (χ2n) is 7.91. The van der Waals surface area contributed by atoms with Crippen LogP contribution in [0.4, 0.5) is 0 Å². The lowest BCUT2D eigenvalue weighted by Crippen LogP contribution is -2.26. The highest BCUT2D eigenvalue weighted by Gasteiger charge is 2.42. The van der Waals surface area contributed by atoms with Crippen molar-refractivity contribution in [2.75, 3.05) is 12.4 Å². The first kappa shape index (κ1) is 25.8. The molecular formula is C21H24Br2O7S2. The van der Waals surface area contributed by atoms with E-state index >= 15 is 0 Å². The van der Waals surface area contributed by atoms with E-state index in [0.29, 0.717) is 38.5 Å². The zero-order valence-electron chi connectivity index (χ0n) is 17.1. The fraction of sp³-hybridized carbons (Fsp3) is 0.429. The van der Waals surface area contributed by atoms with Crippen molar-refractivity contribution in [3.8, 4) is 11.1 Å². The monoisotopic (exact) mass is 610 g/mol. The van der Waals surface area contributed by atoms with Crippen molar-refractivity contribution in [2.24, 2.45) is 0 Å². The van der Waals surface area contributed by atoms with Gasteiger partial charge in [-0.2, -0.15) is 16.8 Å². The van der Waals surface area contributed by atoms with Crippen molar-refractivity contribution in [3.63, 3.8) is 0 Å². The van der Waals surface area contributed by atoms with Gasteiger partial charge in [-0.25, -0.2) is 4.18 Å². The molecule has 0 radical (unpaired) electrons. The largest absolute Gasteiger partial charge is 0.397 e. The Bertz CT molecular complexity index is 1140. The van der Waals surface area contributed by atoms with E-state index in [9.17, 15) is 16.8 Å². The summed E-state index contributed by atoms with van der Waals surface area (Å²) in [5, 5.41) is 0. The molecule has 0 unspecified atom stereocenters. The van der Waals surface area contributed by atoms with Gasteiger partial charge in [0.05, 0.1) is 12.4 Å². The first-order valence-electron chi connectivity index (χ1n) is 10.1. The Balaban J connectivity index is 1.93. The third-order valence-electron chi connectivity index (χ3n) is 5.77. The minimum atomic E-state index is -4.47. The van der Waals surface area contributed by atoms with Crippen LogP contribution in [-0.4, -0.2) is 38.3 Å². The number of rotatable bonds is 11. The Morgan fingerprint density at radius 3 is 1.75 bits per heavy atom. The molecule has 2 aromatic rings. The SMILES string of the molecule is O=S(=O)(O)CCCCC1(CCCCOS(=O)(=O)O)c2cc(Br)ccc2-c2ccc(Br)cc21. The van der Waals surface area contributed by atoms with Crippen molar-refractivity contribution in [1.29, 1.82) is 0 Å². The summed E-state index contributed by atoms with van der Waals surface area (Å²) in [6, 6.07) is 12.3. The molecular weight excluding hydrogens is 588 g/mol. The lowest BCUT2D eigenvalue weighted by molar-refractivity contribution is 0.257. The average molecular weight is 612 g/mol. The fourth-order valence-electron chi connectivity index (χ4n) is 4.51. The molecule has 3 rings (SSSR count). The summed E-state index contributed by atoms with van der Waals surface area (Å²) in [6.45, 7) is -0.117. The van der Waals surface area contributed by atoms with E-state index in [-0.39, 0.29) is 12.4 Å². The summed E-state index contributed by atoms with van der Waals surface area (Å²) in [5.74, 6) is -0.290. The summed E-state index contributed by atoms with van der Waals surface area (Å²) >= 11 is 7.13. The van der Waals surface area contributed by atoms with Gasteiger partial charge in [-0.3, -0.25) is 9.11 Å². The molecule has 0 fully saturated rings. The lowest BCUT2D eigenvalue weighted by atomic mass is 9.71. The highest BCUT2D eigenvalue weighted by molar-refractivity contribution is 9.10. The zero-order valence-corrected chi connectivity index (χ0v) is 21.9. The Kier molecular flexibility index (Phi) is 8.23. The molecule has 0 amide bonds. The number of benzene rings is 2. The van der Waals surface area contributed by atoms with Gasteiger partial charge in [-0.15, -0.1) is 0 Å². The van der Waals surface area contributed by atoms with E-state index in [1.807, 2.05) is 12.1 Å². The molecule has 11 heteroatoms. The highest BCUT2D eigenvalue weighted by Crippen LogP contribution is 2.55. The summed E-state index contributed by atoms with van der Waals surface area (Å²) in [4.78, 5) is 0. The minimum absolute atomic E-state index is 0.117. The Labute approximate surface area is 205 Å². The van der Waals surface area contributed by atoms with E-state index < -0.39 is 25.9 Å². The Morgan fingerprint density at radius 2 is 1.28 bits per heavy atom. The van der Waals surface area contributed by atoms with Gasteiger partial charge in [0.25, 0.3) is 10.1 Å². The van der Waals surface area contributed by atoms with Crippen LogP contribution in [0.15, 0.2) is 45.3 Å². The molecule has 1 aliphatic rings. The quantitative estimate of drug-likeness (QED) is 0.253. The van der Waals surface area contributed by atoms with Crippen LogP contribution >= 0.6 is 31.9 Å². The van der Waals surface area contributed by atoms with Crippen LogP contribution in [0.5, 0.6) is 0 Å². The van der Waals surface area contributed by atoms with Crippen LogP contribution in [0.1, 0.15) is 49.7 Å². The number of halogens is 2. The Morgan fingerprint density at radius 1 is 0.781 bits per heavy atom. The van der Waals surface area contributed by atoms with Crippen molar-refractivity contribution in [2.45, 2.75) is 43.9 Å². The maximum Gasteiger partial charge on any atom is 0.397 e. The summed E-state index contributed by atoms with van der Waals surface area (Å²) in [5.41, 5.74) is 4.07. The molecule has 0 bridgehead atoms. The third-order valence-corrected chi connectivity index (χ3v) is 8.03. The van der Waals surface area contributed by atoms with Crippen molar-refractivity contribution in [1.82, 2.24) is 0 Å². The standard InChI is InChI=1S/C21H24Br2O7S2/c22-15-5-7-17-18-8-6-16(23)14-20(18)21(19(17)13-15,10-2-4-12-31(24,25)26)9-1-3-11-30-32(27,28)29/h5-8,13-14H,1-4,9-12H2,(H,24,25,26)(H,27,28,29). The highest BCUT2D eigenvalue weighted by atomic mass is 79.9. The van der Waals surface area contributed by atoms with Gasteiger partial charge in [0, 0.05) is 14.4 Å². The van der Waals surface area contributed by atoms with Crippen molar-refractivity contribution < 1.29 is 30.1 Å².